The Bertz CT molecular complexity index is 174. The molecule has 7 heteroatoms. The highest BCUT2D eigenvalue weighted by Crippen LogP contribution is 2.09. The van der Waals surface area contributed by atoms with E-state index < -0.39 is 23.9 Å². The highest BCUT2D eigenvalue weighted by molar-refractivity contribution is 5.96. The number of hydroxylamine groups is 2. The molecule has 0 aliphatic carbocycles. The lowest BCUT2D eigenvalue weighted by molar-refractivity contribution is -0.132. The molecule has 5 N–H and O–H groups in total. The molecule has 0 aromatic heterocycles. The second-order valence-electron chi connectivity index (χ2n) is 2.07. The van der Waals surface area contributed by atoms with E-state index in [1.165, 1.54) is 11.0 Å². The van der Waals surface area contributed by atoms with E-state index in [9.17, 15) is 9.59 Å². The molecule has 1 aliphatic rings. The fraction of sp³-hybridized carbons (Fsp3) is 0.500. The topological polar surface area (TPSA) is 121 Å². The van der Waals surface area contributed by atoms with Crippen LogP contribution in [0.1, 0.15) is 0 Å². The maximum absolute atomic E-state index is 10.5. The second kappa shape index (κ2) is 2.82. The van der Waals surface area contributed by atoms with Gasteiger partial charge in [0.1, 0.15) is 12.1 Å². The van der Waals surface area contributed by atoms with E-state index in [0.717, 1.165) is 0 Å². The Labute approximate surface area is 61.3 Å². The van der Waals surface area contributed by atoms with E-state index in [1.54, 1.807) is 0 Å². The van der Waals surface area contributed by atoms with Crippen LogP contribution >= 0.6 is 0 Å². The van der Waals surface area contributed by atoms with E-state index in [1.807, 2.05) is 0 Å². The van der Waals surface area contributed by atoms with Gasteiger partial charge in [-0.3, -0.25) is 25.3 Å². The van der Waals surface area contributed by atoms with Crippen LogP contribution in [0.3, 0.4) is 0 Å². The summed E-state index contributed by atoms with van der Waals surface area (Å²) >= 11 is 0. The minimum Gasteiger partial charge on any atom is -0.291 e. The standard InChI is InChI=1S/C4H7N3O4/c8-3(6-10)1-2(5-1)4(9)7-11/h1-2,5,10-11H,(H,6,8)(H,7,9)/t1-,2-/m1/s1. The molecule has 0 saturated carbocycles. The summed E-state index contributed by atoms with van der Waals surface area (Å²) in [5.41, 5.74) is 2.75. The van der Waals surface area contributed by atoms with Crippen molar-refractivity contribution in [3.8, 4) is 0 Å². The first-order chi connectivity index (χ1) is 5.20. The molecule has 0 aromatic rings. The van der Waals surface area contributed by atoms with Crippen molar-refractivity contribution in [2.24, 2.45) is 0 Å². The van der Waals surface area contributed by atoms with Crippen molar-refractivity contribution in [2.45, 2.75) is 12.1 Å². The minimum atomic E-state index is -0.743. The van der Waals surface area contributed by atoms with E-state index in [-0.39, 0.29) is 0 Å². The summed E-state index contributed by atoms with van der Waals surface area (Å²) < 4.78 is 0. The third kappa shape index (κ3) is 1.45. The van der Waals surface area contributed by atoms with Crippen LogP contribution in [0.4, 0.5) is 0 Å². The quantitative estimate of drug-likeness (QED) is 0.172. The Morgan fingerprint density at radius 1 is 1.09 bits per heavy atom. The molecule has 0 spiro atoms. The molecule has 1 rings (SSSR count). The average Bonchev–Trinajstić information content (AvgIpc) is 2.80. The summed E-state index contributed by atoms with van der Waals surface area (Å²) in [5, 5.41) is 18.6. The van der Waals surface area contributed by atoms with Crippen molar-refractivity contribution in [1.29, 1.82) is 0 Å². The average molecular weight is 161 g/mol. The molecular weight excluding hydrogens is 154 g/mol. The number of nitrogens with one attached hydrogen (secondary N) is 3. The molecule has 62 valence electrons. The maximum Gasteiger partial charge on any atom is 0.262 e. The van der Waals surface area contributed by atoms with Crippen LogP contribution in [0.5, 0.6) is 0 Å². The lowest BCUT2D eigenvalue weighted by Crippen LogP contribution is -2.31. The molecule has 1 saturated heterocycles. The fourth-order valence-corrected chi connectivity index (χ4v) is 0.731. The first kappa shape index (κ1) is 7.92. The number of hydrogen-bond acceptors (Lipinski definition) is 5. The molecule has 0 unspecified atom stereocenters. The molecular formula is C4H7N3O4. The number of rotatable bonds is 2. The molecule has 1 aliphatic heterocycles. The fourth-order valence-electron chi connectivity index (χ4n) is 0.731. The molecule has 11 heavy (non-hydrogen) atoms. The summed E-state index contributed by atoms with van der Waals surface area (Å²) in [7, 11) is 0. The molecule has 1 fully saturated rings. The lowest BCUT2D eigenvalue weighted by atomic mass is 10.3. The van der Waals surface area contributed by atoms with Gasteiger partial charge in [0.2, 0.25) is 0 Å². The second-order valence-corrected chi connectivity index (χ2v) is 2.07. The van der Waals surface area contributed by atoms with Gasteiger partial charge in [-0.25, -0.2) is 11.0 Å². The Balaban J connectivity index is 2.37. The van der Waals surface area contributed by atoms with Crippen LogP contribution in [-0.4, -0.2) is 34.3 Å². The van der Waals surface area contributed by atoms with Crippen molar-refractivity contribution in [3.63, 3.8) is 0 Å². The summed E-state index contributed by atoms with van der Waals surface area (Å²) in [6.45, 7) is 0. The van der Waals surface area contributed by atoms with Crippen molar-refractivity contribution in [1.82, 2.24) is 16.3 Å². The zero-order valence-corrected chi connectivity index (χ0v) is 5.37. The van der Waals surface area contributed by atoms with Crippen LogP contribution in [0, 0.1) is 0 Å². The number of carbonyl (C=O) groups excluding carboxylic acids is 2. The molecule has 0 radical (unpaired) electrons. The first-order valence-electron chi connectivity index (χ1n) is 2.84. The van der Waals surface area contributed by atoms with Crippen LogP contribution in [0.2, 0.25) is 0 Å². The smallest absolute Gasteiger partial charge is 0.262 e. The highest BCUT2D eigenvalue weighted by Gasteiger charge is 2.47. The van der Waals surface area contributed by atoms with E-state index in [2.05, 4.69) is 5.32 Å². The zero-order chi connectivity index (χ0) is 8.43. The van der Waals surface area contributed by atoms with Crippen LogP contribution in [0.25, 0.3) is 0 Å². The Morgan fingerprint density at radius 3 is 1.73 bits per heavy atom. The van der Waals surface area contributed by atoms with E-state index >= 15 is 0 Å². The monoisotopic (exact) mass is 161 g/mol. The minimum absolute atomic E-state index is 0.696. The Kier molecular flexibility index (Phi) is 2.03. The maximum atomic E-state index is 10.5. The Morgan fingerprint density at radius 2 is 1.45 bits per heavy atom. The van der Waals surface area contributed by atoms with Gasteiger partial charge >= 0.3 is 0 Å². The normalized spacial score (nSPS) is 27.5. The van der Waals surface area contributed by atoms with Crippen molar-refractivity contribution < 1.29 is 20.0 Å². The third-order valence-electron chi connectivity index (χ3n) is 1.37. The first-order valence-corrected chi connectivity index (χ1v) is 2.84. The predicted octanol–water partition coefficient (Wildman–Crippen LogP) is -2.66. The summed E-state index contributed by atoms with van der Waals surface area (Å²) in [6.07, 6.45) is 0. The molecule has 0 aromatic carbocycles. The van der Waals surface area contributed by atoms with Crippen LogP contribution in [-0.2, 0) is 9.59 Å². The number of amides is 2. The van der Waals surface area contributed by atoms with Gasteiger partial charge in [-0.05, 0) is 0 Å². The SMILES string of the molecule is O=C(NO)[C@@H]1N[C@H]1C(=O)NO. The summed E-state index contributed by atoms with van der Waals surface area (Å²) in [5.74, 6) is -1.39. The highest BCUT2D eigenvalue weighted by atomic mass is 16.5. The number of hydrogen-bond donors (Lipinski definition) is 5. The molecule has 0 bridgehead atoms. The number of carbonyl (C=O) groups is 2. The summed E-state index contributed by atoms with van der Waals surface area (Å²) in [6, 6.07) is -1.49. The van der Waals surface area contributed by atoms with Crippen molar-refractivity contribution in [3.05, 3.63) is 0 Å². The van der Waals surface area contributed by atoms with Crippen LogP contribution in [0.15, 0.2) is 0 Å². The molecule has 1 heterocycles. The van der Waals surface area contributed by atoms with Crippen molar-refractivity contribution >= 4 is 11.8 Å². The van der Waals surface area contributed by atoms with Crippen molar-refractivity contribution in [2.75, 3.05) is 0 Å². The van der Waals surface area contributed by atoms with Gasteiger partial charge in [-0.2, -0.15) is 0 Å². The van der Waals surface area contributed by atoms with Gasteiger partial charge in [0.25, 0.3) is 11.8 Å². The van der Waals surface area contributed by atoms with Gasteiger partial charge in [-0.15, -0.1) is 0 Å². The zero-order valence-electron chi connectivity index (χ0n) is 5.37. The van der Waals surface area contributed by atoms with E-state index in [4.69, 9.17) is 10.4 Å². The van der Waals surface area contributed by atoms with Gasteiger partial charge < -0.3 is 0 Å². The van der Waals surface area contributed by atoms with E-state index in [0.29, 0.717) is 0 Å². The van der Waals surface area contributed by atoms with Crippen LogP contribution < -0.4 is 16.3 Å². The third-order valence-corrected chi connectivity index (χ3v) is 1.37. The molecule has 2 amide bonds. The molecule has 7 nitrogen and oxygen atoms in total. The van der Waals surface area contributed by atoms with Gasteiger partial charge in [0.05, 0.1) is 0 Å². The molecule has 2 atom stereocenters. The predicted molar refractivity (Wildman–Crippen MR) is 30.6 cm³/mol. The van der Waals surface area contributed by atoms with Gasteiger partial charge in [0.15, 0.2) is 0 Å². The Hall–Kier alpha value is -1.18. The lowest BCUT2D eigenvalue weighted by Gasteiger charge is -1.93. The van der Waals surface area contributed by atoms with Gasteiger partial charge in [-0.1, -0.05) is 0 Å². The summed E-state index contributed by atoms with van der Waals surface area (Å²) in [4.78, 5) is 21.0. The van der Waals surface area contributed by atoms with Gasteiger partial charge in [0, 0.05) is 0 Å². The largest absolute Gasteiger partial charge is 0.291 e.